The monoisotopic (exact) mass is 408 g/mol. The summed E-state index contributed by atoms with van der Waals surface area (Å²) < 4.78 is 11.7. The van der Waals surface area contributed by atoms with E-state index in [-0.39, 0.29) is 23.6 Å². The summed E-state index contributed by atoms with van der Waals surface area (Å²) in [5.41, 5.74) is 7.59. The first kappa shape index (κ1) is 19.9. The van der Waals surface area contributed by atoms with Crippen molar-refractivity contribution in [2.45, 2.75) is 44.8 Å². The van der Waals surface area contributed by atoms with Gasteiger partial charge < -0.3 is 20.5 Å². The second kappa shape index (κ2) is 8.52. The smallest absolute Gasteiger partial charge is 0.267 e. The van der Waals surface area contributed by atoms with Crippen molar-refractivity contribution in [1.82, 2.24) is 15.3 Å². The van der Waals surface area contributed by atoms with Gasteiger partial charge in [0.2, 0.25) is 5.88 Å². The number of hydrogen-bond acceptors (Lipinski definition) is 6. The Morgan fingerprint density at radius 1 is 1.17 bits per heavy atom. The minimum atomic E-state index is -0.670. The van der Waals surface area contributed by atoms with Crippen molar-refractivity contribution in [3.05, 3.63) is 53.5 Å². The lowest BCUT2D eigenvalue weighted by molar-refractivity contribution is -0.125. The molecule has 2 atom stereocenters. The fourth-order valence-corrected chi connectivity index (χ4v) is 3.51. The van der Waals surface area contributed by atoms with Gasteiger partial charge in [-0.2, -0.15) is 4.98 Å². The minimum absolute atomic E-state index is 0.0623. The molecule has 0 spiro atoms. The number of aromatic nitrogens is 2. The Labute approximate surface area is 174 Å². The van der Waals surface area contributed by atoms with Crippen molar-refractivity contribution in [1.29, 1.82) is 0 Å². The summed E-state index contributed by atoms with van der Waals surface area (Å²) in [6, 6.07) is 9.36. The van der Waals surface area contributed by atoms with E-state index in [1.165, 1.54) is 11.6 Å². The highest BCUT2D eigenvalue weighted by atomic mass is 16.5. The molecule has 2 aliphatic rings. The number of nitrogens with zero attached hydrogens (tertiary/aromatic N) is 2. The van der Waals surface area contributed by atoms with Crippen LogP contribution in [0.5, 0.6) is 11.6 Å². The molecule has 0 bridgehead atoms. The molecule has 0 saturated carbocycles. The van der Waals surface area contributed by atoms with E-state index < -0.39 is 12.0 Å². The molecule has 2 heterocycles. The molecule has 1 unspecified atom stereocenters. The van der Waals surface area contributed by atoms with Gasteiger partial charge in [0.15, 0.2) is 11.9 Å². The Kier molecular flexibility index (Phi) is 5.65. The molecular weight excluding hydrogens is 384 g/mol. The molecule has 0 radical (unpaired) electrons. The number of amides is 2. The summed E-state index contributed by atoms with van der Waals surface area (Å²) >= 11 is 0. The topological polar surface area (TPSA) is 116 Å². The molecule has 156 valence electrons. The second-order valence-corrected chi connectivity index (χ2v) is 7.52. The highest BCUT2D eigenvalue weighted by Crippen LogP contribution is 2.29. The molecule has 1 aliphatic carbocycles. The first-order chi connectivity index (χ1) is 14.5. The number of nitrogens with two attached hydrogens (primary N) is 1. The molecular formula is C22H24N4O4. The highest BCUT2D eigenvalue weighted by molar-refractivity contribution is 5.91. The van der Waals surface area contributed by atoms with Gasteiger partial charge in [-0.3, -0.25) is 9.59 Å². The average molecular weight is 408 g/mol. The molecule has 8 heteroatoms. The zero-order valence-corrected chi connectivity index (χ0v) is 16.8. The minimum Gasteiger partial charge on any atom is -0.490 e. The SMILES string of the molecule is Cc1ccc(OC2CC=C(c3nc(O[C@H]4CCNC4=O)cc(C(N)=O)n3)CC2)cc1. The van der Waals surface area contributed by atoms with Crippen LogP contribution < -0.4 is 20.5 Å². The van der Waals surface area contributed by atoms with Crippen LogP contribution in [0, 0.1) is 6.92 Å². The van der Waals surface area contributed by atoms with Crippen LogP contribution in [0.15, 0.2) is 36.4 Å². The summed E-state index contributed by atoms with van der Waals surface area (Å²) in [4.78, 5) is 32.2. The van der Waals surface area contributed by atoms with Crippen LogP contribution in [-0.2, 0) is 4.79 Å². The van der Waals surface area contributed by atoms with Crippen LogP contribution >= 0.6 is 0 Å². The maximum Gasteiger partial charge on any atom is 0.267 e. The van der Waals surface area contributed by atoms with Crippen LogP contribution in [-0.4, -0.2) is 40.5 Å². The molecule has 1 aromatic heterocycles. The number of hydrogen-bond donors (Lipinski definition) is 2. The summed E-state index contributed by atoms with van der Waals surface area (Å²) in [6.45, 7) is 2.59. The third-order valence-electron chi connectivity index (χ3n) is 5.19. The summed E-state index contributed by atoms with van der Waals surface area (Å²) in [6.07, 6.45) is 4.20. The van der Waals surface area contributed by atoms with Crippen molar-refractivity contribution in [3.63, 3.8) is 0 Å². The fraction of sp³-hybridized carbons (Fsp3) is 0.364. The molecule has 2 amide bonds. The predicted octanol–water partition coefficient (Wildman–Crippen LogP) is 2.17. The number of carbonyl (C=O) groups excluding carboxylic acids is 2. The number of ether oxygens (including phenoxy) is 2. The van der Waals surface area contributed by atoms with E-state index in [4.69, 9.17) is 15.2 Å². The molecule has 1 saturated heterocycles. The first-order valence-corrected chi connectivity index (χ1v) is 10.0. The fourth-order valence-electron chi connectivity index (χ4n) is 3.51. The lowest BCUT2D eigenvalue weighted by Crippen LogP contribution is -2.28. The van der Waals surface area contributed by atoms with Crippen LogP contribution in [0.2, 0.25) is 0 Å². The van der Waals surface area contributed by atoms with Crippen molar-refractivity contribution < 1.29 is 19.1 Å². The molecule has 2 aromatic rings. The summed E-state index contributed by atoms with van der Waals surface area (Å²) in [7, 11) is 0. The molecule has 30 heavy (non-hydrogen) atoms. The molecule has 1 aromatic carbocycles. The van der Waals surface area contributed by atoms with Gasteiger partial charge in [-0.1, -0.05) is 23.8 Å². The second-order valence-electron chi connectivity index (χ2n) is 7.52. The Morgan fingerprint density at radius 3 is 2.60 bits per heavy atom. The Balaban J connectivity index is 1.49. The maximum atomic E-state index is 11.8. The zero-order chi connectivity index (χ0) is 21.1. The normalized spacial score (nSPS) is 21.0. The third kappa shape index (κ3) is 4.59. The van der Waals surface area contributed by atoms with Gasteiger partial charge in [0.1, 0.15) is 17.5 Å². The highest BCUT2D eigenvalue weighted by Gasteiger charge is 2.27. The van der Waals surface area contributed by atoms with Crippen molar-refractivity contribution >= 4 is 17.4 Å². The Morgan fingerprint density at radius 2 is 1.97 bits per heavy atom. The van der Waals surface area contributed by atoms with Crippen LogP contribution in [0.3, 0.4) is 0 Å². The Hall–Kier alpha value is -3.42. The van der Waals surface area contributed by atoms with E-state index in [0.717, 1.165) is 17.7 Å². The lowest BCUT2D eigenvalue weighted by Gasteiger charge is -2.23. The summed E-state index contributed by atoms with van der Waals surface area (Å²) in [5, 5.41) is 2.71. The number of benzene rings is 1. The van der Waals surface area contributed by atoms with Gasteiger partial charge >= 0.3 is 0 Å². The van der Waals surface area contributed by atoms with Crippen molar-refractivity contribution in [2.24, 2.45) is 5.73 Å². The largest absolute Gasteiger partial charge is 0.490 e. The number of carbonyl (C=O) groups is 2. The molecule has 1 aliphatic heterocycles. The number of rotatable bonds is 6. The van der Waals surface area contributed by atoms with E-state index in [1.54, 1.807) is 0 Å². The van der Waals surface area contributed by atoms with E-state index in [9.17, 15) is 9.59 Å². The van der Waals surface area contributed by atoms with E-state index >= 15 is 0 Å². The van der Waals surface area contributed by atoms with E-state index in [1.807, 2.05) is 37.3 Å². The van der Waals surface area contributed by atoms with Gasteiger partial charge in [0.25, 0.3) is 11.8 Å². The molecule has 4 rings (SSSR count). The predicted molar refractivity (Wildman–Crippen MR) is 110 cm³/mol. The quantitative estimate of drug-likeness (QED) is 0.757. The van der Waals surface area contributed by atoms with E-state index in [0.29, 0.717) is 31.6 Å². The van der Waals surface area contributed by atoms with Crippen LogP contribution in [0.1, 0.15) is 47.6 Å². The lowest BCUT2D eigenvalue weighted by atomic mass is 9.96. The van der Waals surface area contributed by atoms with E-state index in [2.05, 4.69) is 15.3 Å². The molecule has 8 nitrogen and oxygen atoms in total. The van der Waals surface area contributed by atoms with Crippen LogP contribution in [0.4, 0.5) is 0 Å². The molecule has 3 N–H and O–H groups in total. The van der Waals surface area contributed by atoms with Crippen molar-refractivity contribution in [2.75, 3.05) is 6.54 Å². The van der Waals surface area contributed by atoms with Gasteiger partial charge in [-0.05, 0) is 37.5 Å². The zero-order valence-electron chi connectivity index (χ0n) is 16.8. The van der Waals surface area contributed by atoms with Gasteiger partial charge in [0.05, 0.1) is 0 Å². The van der Waals surface area contributed by atoms with Crippen molar-refractivity contribution in [3.8, 4) is 11.6 Å². The number of aryl methyl sites for hydroxylation is 1. The van der Waals surface area contributed by atoms with Crippen LogP contribution in [0.25, 0.3) is 5.57 Å². The summed E-state index contributed by atoms with van der Waals surface area (Å²) in [5.74, 6) is 0.559. The number of nitrogens with one attached hydrogen (secondary N) is 1. The Bertz CT molecular complexity index is 987. The van der Waals surface area contributed by atoms with Gasteiger partial charge in [-0.25, -0.2) is 4.98 Å². The first-order valence-electron chi connectivity index (χ1n) is 10.0. The maximum absolute atomic E-state index is 11.8. The van der Waals surface area contributed by atoms with Gasteiger partial charge in [-0.15, -0.1) is 0 Å². The number of primary amides is 1. The number of allylic oxidation sites excluding steroid dienone is 1. The molecule has 1 fully saturated rings. The van der Waals surface area contributed by atoms with Gasteiger partial charge in [0, 0.05) is 25.5 Å². The standard InChI is InChI=1S/C22H24N4O4/c1-13-2-6-15(7-3-13)29-16-8-4-14(5-9-16)21-25-17(20(23)27)12-19(26-21)30-18-10-11-24-22(18)28/h2-4,6-7,12,16,18H,5,8-11H2,1H3,(H2,23,27)(H,24,28)/t16?,18-/m0/s1. The third-order valence-corrected chi connectivity index (χ3v) is 5.19. The average Bonchev–Trinajstić information content (AvgIpc) is 3.14.